The molecule has 3 aromatic rings. The van der Waals surface area contributed by atoms with Gasteiger partial charge < -0.3 is 15.5 Å². The van der Waals surface area contributed by atoms with E-state index < -0.39 is 17.9 Å². The molecule has 1 heterocycles. The van der Waals surface area contributed by atoms with E-state index in [1.807, 2.05) is 0 Å². The molecule has 156 valence electrons. The molecule has 1 unspecified atom stereocenters. The van der Waals surface area contributed by atoms with Crippen molar-refractivity contribution in [2.24, 2.45) is 0 Å². The first kappa shape index (κ1) is 21.9. The summed E-state index contributed by atoms with van der Waals surface area (Å²) in [7, 11) is 0. The van der Waals surface area contributed by atoms with E-state index in [0.717, 1.165) is 4.47 Å². The Hall–Kier alpha value is -2.84. The number of carboxylic acid groups (broad SMARTS) is 1. The van der Waals surface area contributed by atoms with Crippen LogP contribution in [0.4, 0.5) is 0 Å². The fourth-order valence-corrected chi connectivity index (χ4v) is 3.63. The lowest BCUT2D eigenvalue weighted by Crippen LogP contribution is -2.39. The van der Waals surface area contributed by atoms with Crippen LogP contribution in [0.1, 0.15) is 28.5 Å². The summed E-state index contributed by atoms with van der Waals surface area (Å²) in [6, 6.07) is 8.64. The number of nitrogens with one attached hydrogen (secondary N) is 1. The Balaban J connectivity index is 2.12. The minimum Gasteiger partial charge on any atom is -0.506 e. The normalized spacial score (nSPS) is 12.0. The van der Waals surface area contributed by atoms with Crippen LogP contribution in [0.2, 0.25) is 5.02 Å². The zero-order valence-corrected chi connectivity index (χ0v) is 18.4. The number of nitrogens with zero attached hydrogens (tertiary/aromatic N) is 1. The molecule has 0 aliphatic carbocycles. The SMILES string of the molecule is Cc1c(CC(=O)NC(C)C(=O)O)c2cc(O)c(Cl)cc2n1C(=O)c1ccc(Br)cc1. The maximum Gasteiger partial charge on any atom is 0.325 e. The van der Waals surface area contributed by atoms with Crippen molar-refractivity contribution in [2.75, 3.05) is 0 Å². The molecule has 3 N–H and O–H groups in total. The largest absolute Gasteiger partial charge is 0.506 e. The number of phenolic OH excluding ortho intramolecular Hbond substituents is 1. The van der Waals surface area contributed by atoms with E-state index >= 15 is 0 Å². The van der Waals surface area contributed by atoms with Gasteiger partial charge in [0.05, 0.1) is 17.0 Å². The molecular formula is C21H18BrClN2O5. The number of rotatable bonds is 5. The zero-order valence-electron chi connectivity index (χ0n) is 16.1. The molecule has 0 saturated carbocycles. The van der Waals surface area contributed by atoms with Gasteiger partial charge in [0.25, 0.3) is 5.91 Å². The number of carbonyl (C=O) groups is 3. The Kier molecular flexibility index (Phi) is 6.19. The van der Waals surface area contributed by atoms with Crippen molar-refractivity contribution in [1.82, 2.24) is 9.88 Å². The molecule has 30 heavy (non-hydrogen) atoms. The number of phenols is 1. The molecule has 7 nitrogen and oxygen atoms in total. The van der Waals surface area contributed by atoms with Crippen molar-refractivity contribution >= 4 is 56.2 Å². The molecule has 0 aliphatic rings. The average molecular weight is 494 g/mol. The topological polar surface area (TPSA) is 109 Å². The summed E-state index contributed by atoms with van der Waals surface area (Å²) in [6.45, 7) is 3.05. The van der Waals surface area contributed by atoms with Crippen molar-refractivity contribution in [3.8, 4) is 5.75 Å². The second-order valence-electron chi connectivity index (χ2n) is 6.84. The number of hydrogen-bond acceptors (Lipinski definition) is 4. The predicted molar refractivity (Wildman–Crippen MR) is 116 cm³/mol. The van der Waals surface area contributed by atoms with Gasteiger partial charge in [-0.3, -0.25) is 19.0 Å². The number of hydrogen-bond donors (Lipinski definition) is 3. The second kappa shape index (κ2) is 8.49. The first-order valence-electron chi connectivity index (χ1n) is 8.95. The van der Waals surface area contributed by atoms with Crippen molar-refractivity contribution in [3.63, 3.8) is 0 Å². The predicted octanol–water partition coefficient (Wildman–Crippen LogP) is 3.89. The van der Waals surface area contributed by atoms with Crippen LogP contribution >= 0.6 is 27.5 Å². The molecule has 2 aromatic carbocycles. The van der Waals surface area contributed by atoms with E-state index in [9.17, 15) is 19.5 Å². The monoisotopic (exact) mass is 492 g/mol. The van der Waals surface area contributed by atoms with Crippen LogP contribution < -0.4 is 5.32 Å². The smallest absolute Gasteiger partial charge is 0.325 e. The Morgan fingerprint density at radius 1 is 1.20 bits per heavy atom. The summed E-state index contributed by atoms with van der Waals surface area (Å²) < 4.78 is 2.26. The highest BCUT2D eigenvalue weighted by Gasteiger charge is 2.24. The number of carboxylic acids is 1. The van der Waals surface area contributed by atoms with Gasteiger partial charge in [0.2, 0.25) is 5.91 Å². The van der Waals surface area contributed by atoms with Gasteiger partial charge >= 0.3 is 5.97 Å². The highest BCUT2D eigenvalue weighted by Crippen LogP contribution is 2.35. The Morgan fingerprint density at radius 2 is 1.83 bits per heavy atom. The number of halogens is 2. The summed E-state index contributed by atoms with van der Waals surface area (Å²) in [6.07, 6.45) is -0.165. The number of benzene rings is 2. The fraction of sp³-hybridized carbons (Fsp3) is 0.190. The third kappa shape index (κ3) is 4.20. The summed E-state index contributed by atoms with van der Waals surface area (Å²) in [5, 5.41) is 22.0. The molecule has 9 heteroatoms. The lowest BCUT2D eigenvalue weighted by atomic mass is 10.1. The van der Waals surface area contributed by atoms with Crippen LogP contribution in [-0.2, 0) is 16.0 Å². The minimum atomic E-state index is -1.16. The summed E-state index contributed by atoms with van der Waals surface area (Å²) >= 11 is 9.41. The van der Waals surface area contributed by atoms with Crippen LogP contribution in [0.3, 0.4) is 0 Å². The quantitative estimate of drug-likeness (QED) is 0.500. The van der Waals surface area contributed by atoms with Crippen LogP contribution in [-0.4, -0.2) is 38.6 Å². The van der Waals surface area contributed by atoms with Crippen LogP contribution in [0.5, 0.6) is 5.75 Å². The van der Waals surface area contributed by atoms with Gasteiger partial charge in [0, 0.05) is 21.1 Å². The number of aliphatic carboxylic acids is 1. The van der Waals surface area contributed by atoms with Crippen molar-refractivity contribution < 1.29 is 24.6 Å². The Labute approximate surface area is 185 Å². The first-order valence-corrected chi connectivity index (χ1v) is 10.1. The van der Waals surface area contributed by atoms with Gasteiger partial charge in [-0.2, -0.15) is 0 Å². The maximum absolute atomic E-state index is 13.2. The molecule has 0 bridgehead atoms. The number of carbonyl (C=O) groups excluding carboxylic acids is 2. The van der Waals surface area contributed by atoms with E-state index in [1.165, 1.54) is 23.6 Å². The fourth-order valence-electron chi connectivity index (χ4n) is 3.21. The molecule has 1 aromatic heterocycles. The third-order valence-corrected chi connectivity index (χ3v) is 5.61. The summed E-state index contributed by atoms with van der Waals surface area (Å²) in [5.74, 6) is -2.18. The Morgan fingerprint density at radius 3 is 2.43 bits per heavy atom. The second-order valence-corrected chi connectivity index (χ2v) is 8.16. The van der Waals surface area contributed by atoms with Gasteiger partial charge in [-0.1, -0.05) is 27.5 Å². The van der Waals surface area contributed by atoms with Crippen molar-refractivity contribution in [3.05, 3.63) is 62.7 Å². The molecule has 0 aliphatic heterocycles. The van der Waals surface area contributed by atoms with Crippen LogP contribution in [0, 0.1) is 6.92 Å². The molecule has 0 spiro atoms. The molecular weight excluding hydrogens is 476 g/mol. The van der Waals surface area contributed by atoms with E-state index in [-0.39, 0.29) is 23.1 Å². The van der Waals surface area contributed by atoms with E-state index in [2.05, 4.69) is 21.2 Å². The first-order chi connectivity index (χ1) is 14.1. The van der Waals surface area contributed by atoms with Gasteiger partial charge in [0.1, 0.15) is 11.8 Å². The van der Waals surface area contributed by atoms with Crippen LogP contribution in [0.15, 0.2) is 40.9 Å². The van der Waals surface area contributed by atoms with Gasteiger partial charge in [0.15, 0.2) is 0 Å². The Bertz CT molecular complexity index is 1170. The minimum absolute atomic E-state index is 0.0698. The van der Waals surface area contributed by atoms with E-state index in [0.29, 0.717) is 27.7 Å². The molecule has 1 atom stereocenters. The van der Waals surface area contributed by atoms with Crippen molar-refractivity contribution in [1.29, 1.82) is 0 Å². The maximum atomic E-state index is 13.2. The molecule has 0 radical (unpaired) electrons. The average Bonchev–Trinajstić information content (AvgIpc) is 2.93. The van der Waals surface area contributed by atoms with Gasteiger partial charge in [-0.25, -0.2) is 0 Å². The number of aromatic nitrogens is 1. The van der Waals surface area contributed by atoms with Crippen molar-refractivity contribution in [2.45, 2.75) is 26.3 Å². The van der Waals surface area contributed by atoms with E-state index in [4.69, 9.17) is 16.7 Å². The zero-order chi connectivity index (χ0) is 22.2. The number of aromatic hydroxyl groups is 1. The lowest BCUT2D eigenvalue weighted by Gasteiger charge is -2.10. The molecule has 0 fully saturated rings. The summed E-state index contributed by atoms with van der Waals surface area (Å²) in [5.41, 5.74) is 1.87. The molecule has 1 amide bonds. The lowest BCUT2D eigenvalue weighted by molar-refractivity contribution is -0.141. The van der Waals surface area contributed by atoms with E-state index in [1.54, 1.807) is 31.2 Å². The number of fused-ring (bicyclic) bond motifs is 1. The molecule has 0 saturated heterocycles. The third-order valence-electron chi connectivity index (χ3n) is 4.78. The summed E-state index contributed by atoms with van der Waals surface area (Å²) in [4.78, 5) is 36.6. The van der Waals surface area contributed by atoms with Gasteiger partial charge in [-0.15, -0.1) is 0 Å². The van der Waals surface area contributed by atoms with Crippen LogP contribution in [0.25, 0.3) is 10.9 Å². The highest BCUT2D eigenvalue weighted by atomic mass is 79.9. The van der Waals surface area contributed by atoms with Gasteiger partial charge in [-0.05, 0) is 55.8 Å². The number of amides is 1. The standard InChI is InChI=1S/C21H18BrClN2O5/c1-10(21(29)30)24-19(27)8-14-11(2)25(17-9-16(23)18(26)7-15(14)17)20(28)12-3-5-13(22)6-4-12/h3-7,9-10,26H,8H2,1-2H3,(H,24,27)(H,29,30). The molecule has 3 rings (SSSR count). The highest BCUT2D eigenvalue weighted by molar-refractivity contribution is 9.10.